The van der Waals surface area contributed by atoms with Crippen molar-refractivity contribution in [3.8, 4) is 0 Å². The quantitative estimate of drug-likeness (QED) is 0.287. The van der Waals surface area contributed by atoms with E-state index in [0.29, 0.717) is 15.7 Å². The largest absolute Gasteiger partial charge is 0.439 e. The highest BCUT2D eigenvalue weighted by Crippen LogP contribution is 2.39. The van der Waals surface area contributed by atoms with Crippen LogP contribution in [0.15, 0.2) is 36.4 Å². The van der Waals surface area contributed by atoms with Crippen LogP contribution in [0.5, 0.6) is 0 Å². The fraction of sp³-hybridized carbons (Fsp3) is 0.316. The molecule has 0 radical (unpaired) electrons. The second-order valence-electron chi connectivity index (χ2n) is 6.90. The number of carbonyl (C=O) groups is 1. The number of cyclic esters (lactones) is 1. The van der Waals surface area contributed by atoms with Crippen LogP contribution >= 0.6 is 22.6 Å². The molecule has 0 aromatic heterocycles. The maximum absolute atomic E-state index is 13.1. The van der Waals surface area contributed by atoms with Crippen LogP contribution in [0.4, 0.5) is 44.3 Å². The highest BCUT2D eigenvalue weighted by atomic mass is 127. The van der Waals surface area contributed by atoms with E-state index in [2.05, 4.69) is 0 Å². The SMILES string of the molecule is O=C1OC(c2cc(C(F)(F)F)cc(C(F)(F)F)c2)CN1Cc1cc(C(F)(F)F)ccc1I. The first-order valence-corrected chi connectivity index (χ1v) is 9.74. The molecule has 13 heteroatoms. The van der Waals surface area contributed by atoms with Gasteiger partial charge in [-0.05, 0) is 70.1 Å². The highest BCUT2D eigenvalue weighted by Gasteiger charge is 2.40. The molecule has 1 unspecified atom stereocenters. The average molecular weight is 583 g/mol. The van der Waals surface area contributed by atoms with Gasteiger partial charge in [0.25, 0.3) is 0 Å². The molecule has 1 aliphatic heterocycles. The third-order valence-corrected chi connectivity index (χ3v) is 5.66. The molecule has 1 fully saturated rings. The average Bonchev–Trinajstić information content (AvgIpc) is 3.01. The summed E-state index contributed by atoms with van der Waals surface area (Å²) in [7, 11) is 0. The van der Waals surface area contributed by atoms with Crippen LogP contribution in [-0.2, 0) is 29.8 Å². The number of carbonyl (C=O) groups excluding carboxylic acids is 1. The molecule has 1 aliphatic rings. The van der Waals surface area contributed by atoms with Gasteiger partial charge in [0, 0.05) is 3.57 Å². The van der Waals surface area contributed by atoms with Gasteiger partial charge >= 0.3 is 24.6 Å². The molecule has 1 atom stereocenters. The molecule has 0 spiro atoms. The fourth-order valence-corrected chi connectivity index (χ4v) is 3.56. The van der Waals surface area contributed by atoms with Crippen LogP contribution in [0, 0.1) is 3.57 Å². The number of hydrogen-bond acceptors (Lipinski definition) is 2. The first kappa shape index (κ1) is 24.5. The Bertz CT molecular complexity index is 999. The van der Waals surface area contributed by atoms with Crippen molar-refractivity contribution >= 4 is 28.7 Å². The number of rotatable bonds is 3. The molecule has 2 aromatic carbocycles. The molecule has 0 N–H and O–H groups in total. The molecule has 0 bridgehead atoms. The van der Waals surface area contributed by atoms with Crippen molar-refractivity contribution in [1.82, 2.24) is 4.90 Å². The topological polar surface area (TPSA) is 29.5 Å². The monoisotopic (exact) mass is 583 g/mol. The van der Waals surface area contributed by atoms with E-state index in [4.69, 9.17) is 4.74 Å². The Morgan fingerprint density at radius 2 is 1.38 bits per heavy atom. The van der Waals surface area contributed by atoms with Crippen LogP contribution in [-0.4, -0.2) is 17.5 Å². The lowest BCUT2D eigenvalue weighted by Crippen LogP contribution is -2.24. The Morgan fingerprint density at radius 3 is 1.88 bits per heavy atom. The summed E-state index contributed by atoms with van der Waals surface area (Å²) < 4.78 is 123. The van der Waals surface area contributed by atoms with Gasteiger partial charge in [-0.2, -0.15) is 39.5 Å². The Morgan fingerprint density at radius 1 is 0.844 bits per heavy atom. The third-order valence-electron chi connectivity index (χ3n) is 4.60. The van der Waals surface area contributed by atoms with Crippen molar-refractivity contribution in [2.75, 3.05) is 6.54 Å². The first-order chi connectivity index (χ1) is 14.6. The number of hydrogen-bond donors (Lipinski definition) is 0. The van der Waals surface area contributed by atoms with Gasteiger partial charge in [-0.25, -0.2) is 4.79 Å². The van der Waals surface area contributed by atoms with E-state index in [1.54, 1.807) is 22.6 Å². The molecule has 3 rings (SSSR count). The number of halogens is 10. The second-order valence-corrected chi connectivity index (χ2v) is 8.06. The van der Waals surface area contributed by atoms with Crippen LogP contribution < -0.4 is 0 Å². The predicted octanol–water partition coefficient (Wildman–Crippen LogP) is 7.04. The van der Waals surface area contributed by atoms with Gasteiger partial charge in [0.1, 0.15) is 6.10 Å². The molecule has 32 heavy (non-hydrogen) atoms. The zero-order chi connectivity index (χ0) is 24.1. The van der Waals surface area contributed by atoms with Crippen molar-refractivity contribution in [2.45, 2.75) is 31.2 Å². The fourth-order valence-electron chi connectivity index (χ4n) is 3.05. The van der Waals surface area contributed by atoms with Gasteiger partial charge in [-0.15, -0.1) is 0 Å². The van der Waals surface area contributed by atoms with Crippen LogP contribution in [0.1, 0.15) is 33.9 Å². The van der Waals surface area contributed by atoms with Crippen LogP contribution in [0.25, 0.3) is 0 Å². The van der Waals surface area contributed by atoms with Crippen molar-refractivity contribution in [1.29, 1.82) is 0 Å². The van der Waals surface area contributed by atoms with E-state index >= 15 is 0 Å². The van der Waals surface area contributed by atoms with E-state index in [-0.39, 0.29) is 18.2 Å². The Labute approximate surface area is 188 Å². The summed E-state index contributed by atoms with van der Waals surface area (Å²) in [4.78, 5) is 13.1. The van der Waals surface area contributed by atoms with Crippen LogP contribution in [0.2, 0.25) is 0 Å². The van der Waals surface area contributed by atoms with Gasteiger partial charge in [0.05, 0.1) is 29.8 Å². The summed E-state index contributed by atoms with van der Waals surface area (Å²) in [6.07, 6.45) is -17.3. The molecule has 2 aromatic rings. The summed E-state index contributed by atoms with van der Waals surface area (Å²) in [5.74, 6) is 0. The number of ether oxygens (including phenoxy) is 1. The van der Waals surface area contributed by atoms with Crippen LogP contribution in [0.3, 0.4) is 0 Å². The summed E-state index contributed by atoms with van der Waals surface area (Å²) in [5, 5.41) is 0. The zero-order valence-corrected chi connectivity index (χ0v) is 17.7. The van der Waals surface area contributed by atoms with Crippen molar-refractivity contribution in [3.63, 3.8) is 0 Å². The van der Waals surface area contributed by atoms with Crippen molar-refractivity contribution in [2.24, 2.45) is 0 Å². The molecule has 0 aliphatic carbocycles. The third kappa shape index (κ3) is 5.41. The minimum atomic E-state index is -5.08. The summed E-state index contributed by atoms with van der Waals surface area (Å²) in [6, 6.07) is 3.69. The van der Waals surface area contributed by atoms with Crippen molar-refractivity contribution < 1.29 is 49.0 Å². The Balaban J connectivity index is 1.89. The van der Waals surface area contributed by atoms with Gasteiger partial charge < -0.3 is 4.74 Å². The molecule has 1 saturated heterocycles. The molecule has 3 nitrogen and oxygen atoms in total. The maximum atomic E-state index is 13.1. The zero-order valence-electron chi connectivity index (χ0n) is 15.5. The predicted molar refractivity (Wildman–Crippen MR) is 100 cm³/mol. The minimum Gasteiger partial charge on any atom is -0.439 e. The second kappa shape index (κ2) is 8.30. The smallest absolute Gasteiger partial charge is 0.416 e. The number of amides is 1. The molecule has 0 saturated carbocycles. The Hall–Kier alpha value is -2.19. The van der Waals surface area contributed by atoms with Gasteiger partial charge in [0.15, 0.2) is 0 Å². The lowest BCUT2D eigenvalue weighted by Gasteiger charge is -2.17. The van der Waals surface area contributed by atoms with E-state index < -0.39 is 59.5 Å². The van der Waals surface area contributed by atoms with Gasteiger partial charge in [-0.1, -0.05) is 0 Å². The molecule has 174 valence electrons. The maximum Gasteiger partial charge on any atom is 0.416 e. The summed E-state index contributed by atoms with van der Waals surface area (Å²) in [6.45, 7) is -0.813. The normalized spacial score (nSPS) is 17.6. The number of alkyl halides is 9. The van der Waals surface area contributed by atoms with Gasteiger partial charge in [-0.3, -0.25) is 4.90 Å². The van der Waals surface area contributed by atoms with E-state index in [1.807, 2.05) is 0 Å². The van der Waals surface area contributed by atoms with Crippen molar-refractivity contribution in [3.05, 3.63) is 67.8 Å². The first-order valence-electron chi connectivity index (χ1n) is 8.66. The summed E-state index contributed by atoms with van der Waals surface area (Å²) in [5.41, 5.74) is -4.53. The van der Waals surface area contributed by atoms with E-state index in [0.717, 1.165) is 17.0 Å². The summed E-state index contributed by atoms with van der Waals surface area (Å²) >= 11 is 1.75. The number of nitrogens with zero attached hydrogens (tertiary/aromatic N) is 1. The molecule has 1 heterocycles. The van der Waals surface area contributed by atoms with E-state index in [9.17, 15) is 44.3 Å². The standard InChI is InChI=1S/C19H11F9INO2/c20-17(21,22)11-1-2-14(29)10(5-11)7-30-8-15(32-16(30)31)9-3-12(18(23,24)25)6-13(4-9)19(26,27)28/h1-6,15H,7-8H2. The lowest BCUT2D eigenvalue weighted by atomic mass is 10.0. The highest BCUT2D eigenvalue weighted by molar-refractivity contribution is 14.1. The Kier molecular flexibility index (Phi) is 6.34. The molecular weight excluding hydrogens is 572 g/mol. The molecular formula is C19H11F9INO2. The number of benzene rings is 2. The van der Waals surface area contributed by atoms with E-state index in [1.165, 1.54) is 6.07 Å². The van der Waals surface area contributed by atoms with Gasteiger partial charge in [0.2, 0.25) is 0 Å². The lowest BCUT2D eigenvalue weighted by molar-refractivity contribution is -0.143. The molecule has 1 amide bonds. The minimum absolute atomic E-state index is 0.0525.